The summed E-state index contributed by atoms with van der Waals surface area (Å²) in [6, 6.07) is 4.22. The Balaban J connectivity index is 1.87. The van der Waals surface area contributed by atoms with Gasteiger partial charge in [0.25, 0.3) is 0 Å². The molecule has 1 aliphatic rings. The third kappa shape index (κ3) is 3.58. The van der Waals surface area contributed by atoms with Gasteiger partial charge in [-0.2, -0.15) is 0 Å². The molecule has 1 fully saturated rings. The van der Waals surface area contributed by atoms with Gasteiger partial charge in [-0.3, -0.25) is 0 Å². The zero-order chi connectivity index (χ0) is 14.0. The molecular formula is C13H16ClFN2O2. The van der Waals surface area contributed by atoms with E-state index in [0.717, 1.165) is 5.56 Å². The molecule has 6 heteroatoms. The highest BCUT2D eigenvalue weighted by Gasteiger charge is 2.32. The molecule has 4 nitrogen and oxygen atoms in total. The van der Waals surface area contributed by atoms with Gasteiger partial charge >= 0.3 is 6.03 Å². The van der Waals surface area contributed by atoms with E-state index in [-0.39, 0.29) is 24.3 Å². The second-order valence-electron chi connectivity index (χ2n) is 4.84. The van der Waals surface area contributed by atoms with Gasteiger partial charge in [0.2, 0.25) is 0 Å². The first-order valence-electron chi connectivity index (χ1n) is 6.12. The van der Waals surface area contributed by atoms with Crippen LogP contribution in [0.25, 0.3) is 0 Å². The van der Waals surface area contributed by atoms with E-state index in [9.17, 15) is 9.18 Å². The summed E-state index contributed by atoms with van der Waals surface area (Å²) in [5.74, 6) is -0.245. The lowest BCUT2D eigenvalue weighted by Crippen LogP contribution is -2.53. The smallest absolute Gasteiger partial charge is 0.317 e. The lowest BCUT2D eigenvalue weighted by atomic mass is 9.92. The second-order valence-corrected chi connectivity index (χ2v) is 5.28. The zero-order valence-corrected chi connectivity index (χ0v) is 11.3. The van der Waals surface area contributed by atoms with Crippen molar-refractivity contribution in [2.45, 2.75) is 18.9 Å². The lowest BCUT2D eigenvalue weighted by molar-refractivity contribution is 0.141. The fraction of sp³-hybridized carbons (Fsp3) is 0.462. The summed E-state index contributed by atoms with van der Waals surface area (Å²) >= 11 is 5.80. The summed E-state index contributed by atoms with van der Waals surface area (Å²) in [5, 5.41) is 12.1. The normalized spacial score (nSPS) is 16.9. The van der Waals surface area contributed by atoms with Gasteiger partial charge < -0.3 is 15.3 Å². The Morgan fingerprint density at radius 3 is 2.84 bits per heavy atom. The molecule has 0 spiro atoms. The van der Waals surface area contributed by atoms with Gasteiger partial charge in [-0.1, -0.05) is 11.6 Å². The summed E-state index contributed by atoms with van der Waals surface area (Å²) in [7, 11) is 0. The molecule has 0 radical (unpaired) electrons. The molecule has 0 bridgehead atoms. The van der Waals surface area contributed by atoms with E-state index in [1.807, 2.05) is 0 Å². The summed E-state index contributed by atoms with van der Waals surface area (Å²) in [6.07, 6.45) is -0.567. The zero-order valence-electron chi connectivity index (χ0n) is 10.6. The Bertz CT molecular complexity index is 455. The molecule has 2 N–H and O–H groups in total. The highest BCUT2D eigenvalue weighted by molar-refractivity contribution is 6.30. The van der Waals surface area contributed by atoms with Crippen molar-refractivity contribution in [3.63, 3.8) is 0 Å². The molecule has 1 aromatic rings. The molecule has 1 atom stereocenters. The van der Waals surface area contributed by atoms with Gasteiger partial charge in [0, 0.05) is 30.6 Å². The van der Waals surface area contributed by atoms with Crippen molar-refractivity contribution in [1.29, 1.82) is 0 Å². The number of nitrogens with one attached hydrogen (secondary N) is 1. The van der Waals surface area contributed by atoms with Crippen LogP contribution in [0.15, 0.2) is 18.2 Å². The maximum atomic E-state index is 13.2. The summed E-state index contributed by atoms with van der Waals surface area (Å²) in [5.41, 5.74) is 0.810. The summed E-state index contributed by atoms with van der Waals surface area (Å²) in [6.45, 7) is 2.90. The number of halogens is 2. The molecular weight excluding hydrogens is 271 g/mol. The third-order valence-electron chi connectivity index (χ3n) is 3.07. The predicted molar refractivity (Wildman–Crippen MR) is 70.8 cm³/mol. The van der Waals surface area contributed by atoms with Gasteiger partial charge in [0.05, 0.1) is 6.10 Å². The van der Waals surface area contributed by atoms with E-state index < -0.39 is 6.10 Å². The fourth-order valence-corrected chi connectivity index (χ4v) is 2.24. The van der Waals surface area contributed by atoms with Crippen LogP contribution in [0.2, 0.25) is 5.02 Å². The minimum absolute atomic E-state index is 0.116. The second kappa shape index (κ2) is 5.75. The van der Waals surface area contributed by atoms with Crippen LogP contribution in [-0.4, -0.2) is 41.8 Å². The fourth-order valence-electron chi connectivity index (χ4n) is 2.01. The van der Waals surface area contributed by atoms with Crippen molar-refractivity contribution in [3.05, 3.63) is 34.6 Å². The largest absolute Gasteiger partial charge is 0.392 e. The Morgan fingerprint density at radius 1 is 1.58 bits per heavy atom. The van der Waals surface area contributed by atoms with Crippen LogP contribution in [0, 0.1) is 5.82 Å². The number of benzene rings is 1. The van der Waals surface area contributed by atoms with Gasteiger partial charge in [-0.05, 0) is 30.7 Å². The van der Waals surface area contributed by atoms with Crippen molar-refractivity contribution in [3.8, 4) is 0 Å². The number of carbonyl (C=O) groups is 1. The molecule has 19 heavy (non-hydrogen) atoms. The SMILES string of the molecule is C[C@@H](O)CNC(=O)N1CC(c2cc(F)cc(Cl)c2)C1. The molecule has 1 aromatic carbocycles. The summed E-state index contributed by atoms with van der Waals surface area (Å²) < 4.78 is 13.2. The highest BCUT2D eigenvalue weighted by Crippen LogP contribution is 2.29. The Kier molecular flexibility index (Phi) is 4.27. The first-order valence-corrected chi connectivity index (χ1v) is 6.50. The Hall–Kier alpha value is -1.33. The molecule has 104 valence electrons. The highest BCUT2D eigenvalue weighted by atomic mass is 35.5. The van der Waals surface area contributed by atoms with Crippen LogP contribution in [-0.2, 0) is 0 Å². The summed E-state index contributed by atoms with van der Waals surface area (Å²) in [4.78, 5) is 13.3. The number of urea groups is 1. The number of amides is 2. The molecule has 2 amide bonds. The minimum atomic E-state index is -0.567. The van der Waals surface area contributed by atoms with E-state index in [2.05, 4.69) is 5.32 Å². The van der Waals surface area contributed by atoms with Crippen molar-refractivity contribution in [1.82, 2.24) is 10.2 Å². The molecule has 1 saturated heterocycles. The van der Waals surface area contributed by atoms with E-state index in [0.29, 0.717) is 18.1 Å². The maximum Gasteiger partial charge on any atom is 0.317 e. The van der Waals surface area contributed by atoms with Crippen LogP contribution in [0.3, 0.4) is 0 Å². The van der Waals surface area contributed by atoms with Crippen molar-refractivity contribution < 1.29 is 14.3 Å². The van der Waals surface area contributed by atoms with Crippen molar-refractivity contribution in [2.24, 2.45) is 0 Å². The predicted octanol–water partition coefficient (Wildman–Crippen LogP) is 1.97. The lowest BCUT2D eigenvalue weighted by Gasteiger charge is -2.39. The quantitative estimate of drug-likeness (QED) is 0.892. The number of nitrogens with zero attached hydrogens (tertiary/aromatic N) is 1. The van der Waals surface area contributed by atoms with E-state index >= 15 is 0 Å². The molecule has 0 saturated carbocycles. The molecule has 0 aromatic heterocycles. The van der Waals surface area contributed by atoms with Gasteiger partial charge in [-0.25, -0.2) is 9.18 Å². The molecule has 1 aliphatic heterocycles. The standard InChI is InChI=1S/C13H16ClFN2O2/c1-8(18)5-16-13(19)17-6-10(7-17)9-2-11(14)4-12(15)3-9/h2-4,8,10,18H,5-7H2,1H3,(H,16,19)/t8-/m1/s1. The van der Waals surface area contributed by atoms with Crippen LogP contribution < -0.4 is 5.32 Å². The van der Waals surface area contributed by atoms with E-state index in [1.54, 1.807) is 17.9 Å². The molecule has 2 rings (SSSR count). The van der Waals surface area contributed by atoms with Crippen molar-refractivity contribution in [2.75, 3.05) is 19.6 Å². The molecule has 0 aliphatic carbocycles. The maximum absolute atomic E-state index is 13.2. The van der Waals surface area contributed by atoms with E-state index in [1.165, 1.54) is 12.1 Å². The Morgan fingerprint density at radius 2 is 2.26 bits per heavy atom. The Labute approximate surface area is 116 Å². The number of aliphatic hydroxyl groups is 1. The molecule has 0 unspecified atom stereocenters. The van der Waals surface area contributed by atoms with Crippen LogP contribution in [0.1, 0.15) is 18.4 Å². The number of likely N-dealkylation sites (tertiary alicyclic amines) is 1. The van der Waals surface area contributed by atoms with Crippen LogP contribution in [0.4, 0.5) is 9.18 Å². The van der Waals surface area contributed by atoms with Crippen LogP contribution in [0.5, 0.6) is 0 Å². The van der Waals surface area contributed by atoms with Gasteiger partial charge in [-0.15, -0.1) is 0 Å². The van der Waals surface area contributed by atoms with Crippen molar-refractivity contribution >= 4 is 17.6 Å². The number of hydrogen-bond donors (Lipinski definition) is 2. The monoisotopic (exact) mass is 286 g/mol. The average Bonchev–Trinajstić information content (AvgIpc) is 2.22. The number of aliphatic hydroxyl groups excluding tert-OH is 1. The third-order valence-corrected chi connectivity index (χ3v) is 3.29. The number of carbonyl (C=O) groups excluding carboxylic acids is 1. The first kappa shape index (κ1) is 14.1. The number of rotatable bonds is 3. The average molecular weight is 287 g/mol. The van der Waals surface area contributed by atoms with Gasteiger partial charge in [0.15, 0.2) is 0 Å². The van der Waals surface area contributed by atoms with Crippen LogP contribution >= 0.6 is 11.6 Å². The molecule has 1 heterocycles. The van der Waals surface area contributed by atoms with E-state index in [4.69, 9.17) is 16.7 Å². The first-order chi connectivity index (χ1) is 8.95. The minimum Gasteiger partial charge on any atom is -0.392 e. The topological polar surface area (TPSA) is 52.6 Å². The van der Waals surface area contributed by atoms with Gasteiger partial charge in [0.1, 0.15) is 5.82 Å². The number of hydrogen-bond acceptors (Lipinski definition) is 2.